The molecule has 0 saturated heterocycles. The van der Waals surface area contributed by atoms with E-state index >= 15 is 0 Å². The zero-order valence-electron chi connectivity index (χ0n) is 13.4. The molecule has 124 valence electrons. The number of aliphatic hydroxyl groups is 1. The van der Waals surface area contributed by atoms with Gasteiger partial charge in [-0.3, -0.25) is 4.79 Å². The molecule has 2 N–H and O–H groups in total. The Morgan fingerprint density at radius 2 is 2.00 bits per heavy atom. The molecule has 0 aliphatic carbocycles. The first-order valence-electron chi connectivity index (χ1n) is 7.58. The van der Waals surface area contributed by atoms with Crippen molar-refractivity contribution in [2.75, 3.05) is 6.54 Å². The van der Waals surface area contributed by atoms with Gasteiger partial charge in [0.1, 0.15) is 11.3 Å². The van der Waals surface area contributed by atoms with Crippen molar-refractivity contribution in [3.8, 4) is 11.1 Å². The van der Waals surface area contributed by atoms with Gasteiger partial charge in [-0.15, -0.1) is 0 Å². The van der Waals surface area contributed by atoms with E-state index in [0.29, 0.717) is 17.0 Å². The molecule has 0 radical (unpaired) electrons. The zero-order valence-corrected chi connectivity index (χ0v) is 14.3. The third-order valence-corrected chi connectivity index (χ3v) is 4.55. The van der Waals surface area contributed by atoms with Gasteiger partial charge < -0.3 is 14.9 Å². The molecule has 0 saturated carbocycles. The monoisotopic (exact) mass is 342 g/mol. The summed E-state index contributed by atoms with van der Waals surface area (Å²) in [7, 11) is 0. The van der Waals surface area contributed by atoms with Crippen molar-refractivity contribution in [2.24, 2.45) is 0 Å². The van der Waals surface area contributed by atoms with Crippen LogP contribution in [0.3, 0.4) is 0 Å². The molecule has 0 unspecified atom stereocenters. The van der Waals surface area contributed by atoms with E-state index in [1.165, 1.54) is 0 Å². The van der Waals surface area contributed by atoms with Gasteiger partial charge in [-0.05, 0) is 47.4 Å². The number of rotatable bonds is 5. The average molecular weight is 342 g/mol. The van der Waals surface area contributed by atoms with Gasteiger partial charge in [-0.2, -0.15) is 11.3 Å². The number of hydrogen-bond acceptors (Lipinski definition) is 5. The van der Waals surface area contributed by atoms with Crippen molar-refractivity contribution in [3.05, 3.63) is 63.7 Å². The van der Waals surface area contributed by atoms with Crippen LogP contribution in [0.5, 0.6) is 0 Å². The number of aryl methyl sites for hydroxylation is 2. The number of carbonyl (C=O) groups is 1. The fraction of sp³-hybridized carbons (Fsp3) is 0.222. The first-order chi connectivity index (χ1) is 11.6. The molecular formula is C18H18N2O3S. The van der Waals surface area contributed by atoms with E-state index in [4.69, 9.17) is 4.52 Å². The summed E-state index contributed by atoms with van der Waals surface area (Å²) in [6.07, 6.45) is -0.772. The summed E-state index contributed by atoms with van der Waals surface area (Å²) in [6, 6.07) is 9.74. The summed E-state index contributed by atoms with van der Waals surface area (Å²) >= 11 is 1.65. The maximum atomic E-state index is 12.2. The fourth-order valence-corrected chi connectivity index (χ4v) is 3.19. The van der Waals surface area contributed by atoms with Gasteiger partial charge in [0.15, 0.2) is 0 Å². The molecule has 0 aliphatic rings. The van der Waals surface area contributed by atoms with Crippen LogP contribution in [0.25, 0.3) is 11.1 Å². The number of amides is 1. The molecule has 1 atom stereocenters. The quantitative estimate of drug-likeness (QED) is 0.744. The zero-order chi connectivity index (χ0) is 17.1. The lowest BCUT2D eigenvalue weighted by Crippen LogP contribution is -2.29. The van der Waals surface area contributed by atoms with E-state index in [0.717, 1.165) is 16.7 Å². The van der Waals surface area contributed by atoms with Crippen LogP contribution < -0.4 is 5.32 Å². The molecule has 3 rings (SSSR count). The van der Waals surface area contributed by atoms with Crippen LogP contribution in [-0.4, -0.2) is 22.7 Å². The van der Waals surface area contributed by atoms with E-state index in [2.05, 4.69) is 21.9 Å². The number of nitrogens with one attached hydrogen (secondary N) is 1. The number of nitrogens with zero attached hydrogens (tertiary/aromatic N) is 1. The number of aromatic nitrogens is 1. The molecule has 1 amide bonds. The minimum absolute atomic E-state index is 0.126. The molecule has 2 aromatic heterocycles. The highest BCUT2D eigenvalue weighted by atomic mass is 32.1. The Labute approximate surface area is 143 Å². The van der Waals surface area contributed by atoms with Crippen LogP contribution >= 0.6 is 11.3 Å². The molecular weight excluding hydrogens is 324 g/mol. The maximum Gasteiger partial charge on any atom is 0.256 e. The highest BCUT2D eigenvalue weighted by Crippen LogP contribution is 2.24. The van der Waals surface area contributed by atoms with Crippen molar-refractivity contribution in [1.82, 2.24) is 10.5 Å². The number of hydrogen-bond donors (Lipinski definition) is 2. The number of thiophene rings is 1. The Morgan fingerprint density at radius 3 is 2.58 bits per heavy atom. The van der Waals surface area contributed by atoms with E-state index < -0.39 is 6.10 Å². The van der Waals surface area contributed by atoms with Crippen LogP contribution in [0.1, 0.15) is 33.5 Å². The third kappa shape index (κ3) is 3.39. The van der Waals surface area contributed by atoms with Gasteiger partial charge in [0.05, 0.1) is 11.8 Å². The topological polar surface area (TPSA) is 75.4 Å². The summed E-state index contributed by atoms with van der Waals surface area (Å²) in [4.78, 5) is 12.2. The lowest BCUT2D eigenvalue weighted by atomic mass is 10.0. The molecule has 0 spiro atoms. The van der Waals surface area contributed by atoms with Crippen molar-refractivity contribution in [3.63, 3.8) is 0 Å². The second kappa shape index (κ2) is 6.98. The third-order valence-electron chi connectivity index (χ3n) is 3.87. The van der Waals surface area contributed by atoms with Gasteiger partial charge in [0.25, 0.3) is 5.91 Å². The summed E-state index contributed by atoms with van der Waals surface area (Å²) in [6.45, 7) is 3.53. The Kier molecular flexibility index (Phi) is 4.78. The summed E-state index contributed by atoms with van der Waals surface area (Å²) < 4.78 is 4.98. The molecule has 24 heavy (non-hydrogen) atoms. The van der Waals surface area contributed by atoms with Gasteiger partial charge >= 0.3 is 0 Å². The van der Waals surface area contributed by atoms with E-state index in [1.807, 2.05) is 29.6 Å². The standard InChI is InChI=1S/C18H18N2O3S/c1-11-17(12(2)23-20-11)18(22)19-9-16(21)14-5-3-13(4-6-14)15-7-8-24-10-15/h3-8,10,16,21H,9H2,1-2H3,(H,19,22)/t16-/m1/s1. The van der Waals surface area contributed by atoms with Crippen LogP contribution in [0.2, 0.25) is 0 Å². The molecule has 2 heterocycles. The minimum Gasteiger partial charge on any atom is -0.387 e. The second-order valence-corrected chi connectivity index (χ2v) is 6.34. The van der Waals surface area contributed by atoms with Gasteiger partial charge in [0.2, 0.25) is 0 Å². The van der Waals surface area contributed by atoms with Gasteiger partial charge in [0, 0.05) is 6.54 Å². The van der Waals surface area contributed by atoms with Crippen molar-refractivity contribution >= 4 is 17.2 Å². The normalized spacial score (nSPS) is 12.1. The van der Waals surface area contributed by atoms with Gasteiger partial charge in [-0.25, -0.2) is 0 Å². The second-order valence-electron chi connectivity index (χ2n) is 5.56. The van der Waals surface area contributed by atoms with Crippen molar-refractivity contribution in [1.29, 1.82) is 0 Å². The predicted octanol–water partition coefficient (Wildman–Crippen LogP) is 3.48. The first-order valence-corrected chi connectivity index (χ1v) is 8.52. The Morgan fingerprint density at radius 1 is 1.25 bits per heavy atom. The summed E-state index contributed by atoms with van der Waals surface area (Å²) in [5.74, 6) is 0.180. The molecule has 0 bridgehead atoms. The Balaban J connectivity index is 1.63. The van der Waals surface area contributed by atoms with Crippen molar-refractivity contribution < 1.29 is 14.4 Å². The predicted molar refractivity (Wildman–Crippen MR) is 93.0 cm³/mol. The number of aliphatic hydroxyl groups excluding tert-OH is 1. The summed E-state index contributed by atoms with van der Waals surface area (Å²) in [5, 5.41) is 20.9. The largest absolute Gasteiger partial charge is 0.387 e. The van der Waals surface area contributed by atoms with Crippen molar-refractivity contribution in [2.45, 2.75) is 20.0 Å². The Bertz CT molecular complexity index is 803. The van der Waals surface area contributed by atoms with Gasteiger partial charge in [-0.1, -0.05) is 29.4 Å². The van der Waals surface area contributed by atoms with E-state index in [-0.39, 0.29) is 12.5 Å². The van der Waals surface area contributed by atoms with Crippen LogP contribution in [0, 0.1) is 13.8 Å². The highest BCUT2D eigenvalue weighted by molar-refractivity contribution is 7.08. The van der Waals surface area contributed by atoms with Crippen LogP contribution in [-0.2, 0) is 0 Å². The summed E-state index contributed by atoms with van der Waals surface area (Å²) in [5.41, 5.74) is 3.99. The molecule has 6 heteroatoms. The molecule has 0 fully saturated rings. The average Bonchev–Trinajstić information content (AvgIpc) is 3.23. The lowest BCUT2D eigenvalue weighted by Gasteiger charge is -2.13. The smallest absolute Gasteiger partial charge is 0.256 e. The highest BCUT2D eigenvalue weighted by Gasteiger charge is 2.18. The molecule has 0 aliphatic heterocycles. The maximum absolute atomic E-state index is 12.2. The van der Waals surface area contributed by atoms with E-state index in [1.54, 1.807) is 25.2 Å². The molecule has 3 aromatic rings. The minimum atomic E-state index is -0.772. The first kappa shape index (κ1) is 16.4. The lowest BCUT2D eigenvalue weighted by molar-refractivity contribution is 0.0914. The number of benzene rings is 1. The van der Waals surface area contributed by atoms with Crippen LogP contribution in [0.4, 0.5) is 0 Å². The number of carbonyl (C=O) groups excluding carboxylic acids is 1. The van der Waals surface area contributed by atoms with Crippen LogP contribution in [0.15, 0.2) is 45.6 Å². The fourth-order valence-electron chi connectivity index (χ4n) is 2.53. The molecule has 1 aromatic carbocycles. The SMILES string of the molecule is Cc1noc(C)c1C(=O)NC[C@@H](O)c1ccc(-c2ccsc2)cc1. The van der Waals surface area contributed by atoms with E-state index in [9.17, 15) is 9.90 Å². The molecule has 5 nitrogen and oxygen atoms in total. The Hall–Kier alpha value is -2.44.